The summed E-state index contributed by atoms with van der Waals surface area (Å²) >= 11 is 7.17. The number of amides is 1. The fourth-order valence-corrected chi connectivity index (χ4v) is 2.98. The van der Waals surface area contributed by atoms with Crippen molar-refractivity contribution in [3.63, 3.8) is 0 Å². The van der Waals surface area contributed by atoms with Gasteiger partial charge in [-0.1, -0.05) is 36.8 Å². The molecule has 0 fully saturated rings. The molecule has 20 heavy (non-hydrogen) atoms. The van der Waals surface area contributed by atoms with Crippen LogP contribution in [-0.2, 0) is 0 Å². The number of nitrogens with zero attached hydrogens (tertiary/aromatic N) is 3. The Balaban J connectivity index is 2.09. The van der Waals surface area contributed by atoms with Crippen molar-refractivity contribution in [2.24, 2.45) is 0 Å². The Bertz CT molecular complexity index is 598. The van der Waals surface area contributed by atoms with Crippen LogP contribution < -0.4 is 5.32 Å². The zero-order valence-corrected chi connectivity index (χ0v) is 12.8. The Labute approximate surface area is 126 Å². The molecule has 0 aliphatic rings. The van der Waals surface area contributed by atoms with Gasteiger partial charge in [0.15, 0.2) is 0 Å². The number of nitrogens with one attached hydrogen (secondary N) is 1. The molecule has 7 heteroatoms. The molecule has 0 saturated carbocycles. The lowest BCUT2D eigenvalue weighted by Crippen LogP contribution is -2.11. The molecule has 2 aromatic rings. The molecule has 5 nitrogen and oxygen atoms in total. The molecule has 106 valence electrons. The van der Waals surface area contributed by atoms with E-state index in [1.54, 1.807) is 6.07 Å². The lowest BCUT2D eigenvalue weighted by molar-refractivity contribution is 0.102. The number of anilines is 1. The minimum Gasteiger partial charge on any atom is -0.296 e. The van der Waals surface area contributed by atoms with Gasteiger partial charge >= 0.3 is 0 Å². The molecule has 0 atom stereocenters. The SMILES string of the molecule is CCC(CC)c1nnc(NC(=O)c2ccnc(Cl)c2)s1. The summed E-state index contributed by atoms with van der Waals surface area (Å²) in [6, 6.07) is 3.11. The first kappa shape index (κ1) is 14.9. The van der Waals surface area contributed by atoms with Crippen LogP contribution in [0.5, 0.6) is 0 Å². The maximum Gasteiger partial charge on any atom is 0.257 e. The lowest BCUT2D eigenvalue weighted by atomic mass is 10.1. The van der Waals surface area contributed by atoms with E-state index in [9.17, 15) is 4.79 Å². The van der Waals surface area contributed by atoms with E-state index in [1.807, 2.05) is 0 Å². The van der Waals surface area contributed by atoms with Gasteiger partial charge in [0.25, 0.3) is 5.91 Å². The van der Waals surface area contributed by atoms with Gasteiger partial charge in [0.1, 0.15) is 10.2 Å². The lowest BCUT2D eigenvalue weighted by Gasteiger charge is -2.05. The second-order valence-electron chi connectivity index (χ2n) is 4.28. The van der Waals surface area contributed by atoms with E-state index in [1.165, 1.54) is 23.6 Å². The van der Waals surface area contributed by atoms with Crippen LogP contribution in [0.4, 0.5) is 5.13 Å². The van der Waals surface area contributed by atoms with Crippen molar-refractivity contribution >= 4 is 34.0 Å². The molecular weight excluding hydrogens is 296 g/mol. The molecule has 0 saturated heterocycles. The summed E-state index contributed by atoms with van der Waals surface area (Å²) < 4.78 is 0. The van der Waals surface area contributed by atoms with Crippen molar-refractivity contribution in [3.05, 3.63) is 34.1 Å². The summed E-state index contributed by atoms with van der Waals surface area (Å²) in [5.41, 5.74) is 0.448. The van der Waals surface area contributed by atoms with Gasteiger partial charge in [-0.05, 0) is 25.0 Å². The molecule has 2 heterocycles. The second-order valence-corrected chi connectivity index (χ2v) is 5.68. The van der Waals surface area contributed by atoms with E-state index in [4.69, 9.17) is 11.6 Å². The van der Waals surface area contributed by atoms with Crippen LogP contribution in [0, 0.1) is 0 Å². The summed E-state index contributed by atoms with van der Waals surface area (Å²) in [6.07, 6.45) is 3.52. The third-order valence-electron chi connectivity index (χ3n) is 2.98. The molecule has 0 unspecified atom stereocenters. The van der Waals surface area contributed by atoms with E-state index in [0.29, 0.717) is 16.6 Å². The average Bonchev–Trinajstić information content (AvgIpc) is 2.88. The largest absolute Gasteiger partial charge is 0.296 e. The quantitative estimate of drug-likeness (QED) is 0.854. The molecule has 0 radical (unpaired) electrons. The second kappa shape index (κ2) is 6.76. The van der Waals surface area contributed by atoms with Gasteiger partial charge in [-0.3, -0.25) is 10.1 Å². The van der Waals surface area contributed by atoms with E-state index in [0.717, 1.165) is 17.8 Å². The van der Waals surface area contributed by atoms with Gasteiger partial charge < -0.3 is 0 Å². The van der Waals surface area contributed by atoms with Gasteiger partial charge in [0.05, 0.1) is 0 Å². The summed E-state index contributed by atoms with van der Waals surface area (Å²) in [7, 11) is 0. The van der Waals surface area contributed by atoms with Crippen LogP contribution >= 0.6 is 22.9 Å². The summed E-state index contributed by atoms with van der Waals surface area (Å²) in [4.78, 5) is 15.9. The molecule has 1 amide bonds. The van der Waals surface area contributed by atoms with Crippen LogP contribution in [0.2, 0.25) is 5.15 Å². The first-order valence-corrected chi connectivity index (χ1v) is 7.59. The van der Waals surface area contributed by atoms with Crippen LogP contribution in [0.25, 0.3) is 0 Å². The fraction of sp³-hybridized carbons (Fsp3) is 0.385. The van der Waals surface area contributed by atoms with Crippen molar-refractivity contribution in [1.29, 1.82) is 0 Å². The molecular formula is C13H15ClN4OS. The Morgan fingerprint density at radius 1 is 1.40 bits per heavy atom. The number of carbonyl (C=O) groups is 1. The maximum atomic E-state index is 12.0. The van der Waals surface area contributed by atoms with Crippen LogP contribution in [-0.4, -0.2) is 21.1 Å². The molecule has 0 aromatic carbocycles. The first-order valence-electron chi connectivity index (χ1n) is 6.40. The van der Waals surface area contributed by atoms with Gasteiger partial charge in [0.2, 0.25) is 5.13 Å². The van der Waals surface area contributed by atoms with Crippen LogP contribution in [0.1, 0.15) is 48.0 Å². The van der Waals surface area contributed by atoms with Crippen molar-refractivity contribution in [1.82, 2.24) is 15.2 Å². The number of carbonyl (C=O) groups excluding carboxylic acids is 1. The first-order chi connectivity index (χ1) is 9.63. The average molecular weight is 311 g/mol. The molecule has 1 N–H and O–H groups in total. The molecule has 2 rings (SSSR count). The highest BCUT2D eigenvalue weighted by Gasteiger charge is 2.15. The van der Waals surface area contributed by atoms with Crippen molar-refractivity contribution in [3.8, 4) is 0 Å². The highest BCUT2D eigenvalue weighted by Crippen LogP contribution is 2.28. The van der Waals surface area contributed by atoms with E-state index >= 15 is 0 Å². The molecule has 0 aliphatic carbocycles. The van der Waals surface area contributed by atoms with Gasteiger partial charge in [-0.15, -0.1) is 10.2 Å². The number of hydrogen-bond donors (Lipinski definition) is 1. The predicted molar refractivity (Wildman–Crippen MR) is 80.4 cm³/mol. The van der Waals surface area contributed by atoms with Crippen LogP contribution in [0.15, 0.2) is 18.3 Å². The number of pyridine rings is 1. The number of aromatic nitrogens is 3. The van der Waals surface area contributed by atoms with E-state index in [-0.39, 0.29) is 11.1 Å². The summed E-state index contributed by atoms with van der Waals surface area (Å²) in [6.45, 7) is 4.24. The molecule has 0 spiro atoms. The highest BCUT2D eigenvalue weighted by molar-refractivity contribution is 7.15. The van der Waals surface area contributed by atoms with E-state index < -0.39 is 0 Å². The number of hydrogen-bond acceptors (Lipinski definition) is 5. The zero-order valence-electron chi connectivity index (χ0n) is 11.3. The Morgan fingerprint density at radius 3 is 2.80 bits per heavy atom. The Morgan fingerprint density at radius 2 is 2.15 bits per heavy atom. The minimum absolute atomic E-state index is 0.262. The fourth-order valence-electron chi connectivity index (χ4n) is 1.80. The highest BCUT2D eigenvalue weighted by atomic mass is 35.5. The van der Waals surface area contributed by atoms with Crippen molar-refractivity contribution in [2.45, 2.75) is 32.6 Å². The number of rotatable bonds is 5. The third kappa shape index (κ3) is 3.52. The minimum atomic E-state index is -0.262. The van der Waals surface area contributed by atoms with Crippen molar-refractivity contribution in [2.75, 3.05) is 5.32 Å². The topological polar surface area (TPSA) is 67.8 Å². The number of halogens is 1. The van der Waals surface area contributed by atoms with Gasteiger partial charge in [-0.2, -0.15) is 0 Å². The van der Waals surface area contributed by atoms with Crippen LogP contribution in [0.3, 0.4) is 0 Å². The van der Waals surface area contributed by atoms with Gasteiger partial charge in [-0.25, -0.2) is 4.98 Å². The molecule has 0 bridgehead atoms. The monoisotopic (exact) mass is 310 g/mol. The maximum absolute atomic E-state index is 12.0. The zero-order chi connectivity index (χ0) is 14.5. The Hall–Kier alpha value is -1.53. The Kier molecular flexibility index (Phi) is 5.03. The smallest absolute Gasteiger partial charge is 0.257 e. The predicted octanol–water partition coefficient (Wildman–Crippen LogP) is 3.74. The third-order valence-corrected chi connectivity index (χ3v) is 4.19. The van der Waals surface area contributed by atoms with Gasteiger partial charge in [0, 0.05) is 17.7 Å². The molecule has 2 aromatic heterocycles. The van der Waals surface area contributed by atoms with Crippen molar-refractivity contribution < 1.29 is 4.79 Å². The normalized spacial score (nSPS) is 10.8. The summed E-state index contributed by atoms with van der Waals surface area (Å²) in [5.74, 6) is 0.134. The standard InChI is InChI=1S/C13H15ClN4OS/c1-3-8(4-2)12-17-18-13(20-12)16-11(19)9-5-6-15-10(14)7-9/h5-8H,3-4H2,1-2H3,(H,16,18,19). The summed E-state index contributed by atoms with van der Waals surface area (Å²) in [5, 5.41) is 12.6. The van der Waals surface area contributed by atoms with E-state index in [2.05, 4.69) is 34.3 Å². The molecule has 0 aliphatic heterocycles.